The molecule has 1 N–H and O–H groups in total. The summed E-state index contributed by atoms with van der Waals surface area (Å²) < 4.78 is 5.77. The van der Waals surface area contributed by atoms with Crippen molar-refractivity contribution in [2.45, 2.75) is 32.9 Å². The Hall–Kier alpha value is -1.39. The van der Waals surface area contributed by atoms with Crippen molar-refractivity contribution in [1.29, 1.82) is 0 Å². The average molecular weight is 276 g/mol. The van der Waals surface area contributed by atoms with Crippen LogP contribution >= 0.6 is 11.3 Å². The fourth-order valence-corrected chi connectivity index (χ4v) is 2.49. The Morgan fingerprint density at radius 3 is 2.63 bits per heavy atom. The molecule has 2 unspecified atom stereocenters. The predicted molar refractivity (Wildman–Crippen MR) is 79.8 cm³/mol. The Morgan fingerprint density at radius 2 is 2.00 bits per heavy atom. The molecule has 0 aliphatic rings. The zero-order valence-corrected chi connectivity index (χ0v) is 12.4. The third-order valence-corrected chi connectivity index (χ3v) is 3.89. The van der Waals surface area contributed by atoms with Crippen molar-refractivity contribution in [3.8, 4) is 5.75 Å². The molecule has 102 valence electrons. The maximum atomic E-state index is 5.77. The van der Waals surface area contributed by atoms with Gasteiger partial charge in [0.2, 0.25) is 0 Å². The van der Waals surface area contributed by atoms with Gasteiger partial charge >= 0.3 is 0 Å². The molecule has 3 nitrogen and oxygen atoms in total. The van der Waals surface area contributed by atoms with Crippen LogP contribution in [0.4, 0.5) is 0 Å². The lowest BCUT2D eigenvalue weighted by Crippen LogP contribution is -2.33. The number of hydrogen-bond donors (Lipinski definition) is 1. The van der Waals surface area contributed by atoms with Gasteiger partial charge < -0.3 is 10.1 Å². The first-order valence-electron chi connectivity index (χ1n) is 6.49. The lowest BCUT2D eigenvalue weighted by atomic mass is 10.2. The van der Waals surface area contributed by atoms with Crippen molar-refractivity contribution < 1.29 is 4.74 Å². The molecule has 2 atom stereocenters. The van der Waals surface area contributed by atoms with E-state index >= 15 is 0 Å². The molecule has 0 fully saturated rings. The number of aromatic nitrogens is 1. The Kier molecular flexibility index (Phi) is 4.93. The summed E-state index contributed by atoms with van der Waals surface area (Å²) >= 11 is 1.67. The first-order chi connectivity index (χ1) is 9.15. The van der Waals surface area contributed by atoms with Crippen LogP contribution in [0.15, 0.2) is 36.0 Å². The van der Waals surface area contributed by atoms with Crippen LogP contribution in [0, 0.1) is 6.92 Å². The molecular formula is C15H20N2OS. The highest BCUT2D eigenvalue weighted by atomic mass is 32.1. The van der Waals surface area contributed by atoms with Crippen LogP contribution in [0.5, 0.6) is 5.75 Å². The predicted octanol–water partition coefficient (Wildman–Crippen LogP) is 3.57. The van der Waals surface area contributed by atoms with E-state index in [9.17, 15) is 0 Å². The number of nitrogens with zero attached hydrogens (tertiary/aromatic N) is 1. The maximum absolute atomic E-state index is 5.77. The molecule has 4 heteroatoms. The quantitative estimate of drug-likeness (QED) is 0.876. The summed E-state index contributed by atoms with van der Waals surface area (Å²) in [6, 6.07) is 8.74. The van der Waals surface area contributed by atoms with Gasteiger partial charge in [-0.15, -0.1) is 11.3 Å². The van der Waals surface area contributed by atoms with Gasteiger partial charge in [0.05, 0.1) is 5.51 Å². The van der Waals surface area contributed by atoms with E-state index in [1.165, 1.54) is 10.4 Å². The molecule has 1 heterocycles. The van der Waals surface area contributed by atoms with Gasteiger partial charge in [-0.25, -0.2) is 0 Å². The molecule has 0 bridgehead atoms. The minimum absolute atomic E-state index is 0.290. The maximum Gasteiger partial charge on any atom is 0.119 e. The van der Waals surface area contributed by atoms with Crippen LogP contribution in [-0.4, -0.2) is 17.6 Å². The van der Waals surface area contributed by atoms with Crippen LogP contribution in [0.1, 0.15) is 30.3 Å². The van der Waals surface area contributed by atoms with Crippen molar-refractivity contribution in [2.24, 2.45) is 0 Å². The van der Waals surface area contributed by atoms with Gasteiger partial charge in [-0.3, -0.25) is 4.98 Å². The summed E-state index contributed by atoms with van der Waals surface area (Å²) in [6.07, 6.45) is 1.91. The van der Waals surface area contributed by atoms with Gasteiger partial charge in [-0.1, -0.05) is 17.7 Å². The zero-order valence-electron chi connectivity index (χ0n) is 11.6. The third-order valence-electron chi connectivity index (χ3n) is 2.93. The van der Waals surface area contributed by atoms with Crippen LogP contribution in [0.3, 0.4) is 0 Å². The second kappa shape index (κ2) is 6.68. The smallest absolute Gasteiger partial charge is 0.119 e. The Labute approximate surface area is 118 Å². The van der Waals surface area contributed by atoms with Gasteiger partial charge in [-0.2, -0.15) is 0 Å². The molecular weight excluding hydrogens is 256 g/mol. The van der Waals surface area contributed by atoms with Gasteiger partial charge in [0.1, 0.15) is 12.4 Å². The van der Waals surface area contributed by atoms with E-state index in [-0.39, 0.29) is 0 Å². The average Bonchev–Trinajstić information content (AvgIpc) is 2.92. The molecule has 0 aliphatic heterocycles. The first kappa shape index (κ1) is 14.0. The minimum Gasteiger partial charge on any atom is -0.492 e. The van der Waals surface area contributed by atoms with Crippen molar-refractivity contribution >= 4 is 11.3 Å². The normalized spacial score (nSPS) is 14.1. The Bertz CT molecular complexity index is 481. The fraction of sp³-hybridized carbons (Fsp3) is 0.400. The molecule has 0 saturated carbocycles. The molecule has 0 spiro atoms. The molecule has 0 saturated heterocycles. The Balaban J connectivity index is 1.78. The van der Waals surface area contributed by atoms with Gasteiger partial charge in [0.25, 0.3) is 0 Å². The van der Waals surface area contributed by atoms with E-state index < -0.39 is 0 Å². The first-order valence-corrected chi connectivity index (χ1v) is 7.37. The summed E-state index contributed by atoms with van der Waals surface area (Å²) in [4.78, 5) is 5.35. The van der Waals surface area contributed by atoms with Crippen molar-refractivity contribution in [3.63, 3.8) is 0 Å². The lowest BCUT2D eigenvalue weighted by Gasteiger charge is -2.19. The lowest BCUT2D eigenvalue weighted by molar-refractivity contribution is 0.264. The molecule has 1 aromatic heterocycles. The summed E-state index contributed by atoms with van der Waals surface area (Å²) in [6.45, 7) is 7.01. The third kappa shape index (κ3) is 4.33. The van der Waals surface area contributed by atoms with Crippen molar-refractivity contribution in [1.82, 2.24) is 10.3 Å². The van der Waals surface area contributed by atoms with E-state index in [0.29, 0.717) is 18.7 Å². The number of rotatable bonds is 6. The highest BCUT2D eigenvalue weighted by Gasteiger charge is 2.11. The van der Waals surface area contributed by atoms with Gasteiger partial charge in [-0.05, 0) is 32.9 Å². The number of aryl methyl sites for hydroxylation is 1. The Morgan fingerprint density at radius 1 is 1.26 bits per heavy atom. The molecule has 0 amide bonds. The van der Waals surface area contributed by atoms with E-state index in [1.807, 2.05) is 23.8 Å². The SMILES string of the molecule is Cc1ccc(OCC(C)NC(C)c2cncs2)cc1. The summed E-state index contributed by atoms with van der Waals surface area (Å²) in [7, 11) is 0. The summed E-state index contributed by atoms with van der Waals surface area (Å²) in [5.74, 6) is 0.921. The van der Waals surface area contributed by atoms with Crippen LogP contribution in [0.25, 0.3) is 0 Å². The van der Waals surface area contributed by atoms with E-state index in [1.54, 1.807) is 11.3 Å². The number of benzene rings is 1. The molecule has 0 radical (unpaired) electrons. The van der Waals surface area contributed by atoms with Crippen LogP contribution < -0.4 is 10.1 Å². The van der Waals surface area contributed by atoms with Crippen LogP contribution in [-0.2, 0) is 0 Å². The molecule has 0 aliphatic carbocycles. The molecule has 2 aromatic rings. The zero-order chi connectivity index (χ0) is 13.7. The molecule has 2 rings (SSSR count). The molecule has 19 heavy (non-hydrogen) atoms. The van der Waals surface area contributed by atoms with Gasteiger partial charge in [0.15, 0.2) is 0 Å². The number of nitrogens with one attached hydrogen (secondary N) is 1. The highest BCUT2D eigenvalue weighted by molar-refractivity contribution is 7.09. The van der Waals surface area contributed by atoms with Crippen LogP contribution in [0.2, 0.25) is 0 Å². The number of hydrogen-bond acceptors (Lipinski definition) is 4. The summed E-state index contributed by atoms with van der Waals surface area (Å²) in [5, 5.41) is 3.51. The largest absolute Gasteiger partial charge is 0.492 e. The van der Waals surface area contributed by atoms with E-state index in [2.05, 4.69) is 43.2 Å². The topological polar surface area (TPSA) is 34.1 Å². The molecule has 1 aromatic carbocycles. The van der Waals surface area contributed by atoms with Crippen molar-refractivity contribution in [3.05, 3.63) is 46.4 Å². The second-order valence-electron chi connectivity index (χ2n) is 4.82. The monoisotopic (exact) mass is 276 g/mol. The summed E-state index contributed by atoms with van der Waals surface area (Å²) in [5.41, 5.74) is 3.11. The second-order valence-corrected chi connectivity index (χ2v) is 5.74. The fourth-order valence-electron chi connectivity index (χ4n) is 1.85. The van der Waals surface area contributed by atoms with Gasteiger partial charge in [0, 0.05) is 23.2 Å². The highest BCUT2D eigenvalue weighted by Crippen LogP contribution is 2.17. The number of thiazole rings is 1. The minimum atomic E-state index is 0.290. The van der Waals surface area contributed by atoms with E-state index in [0.717, 1.165) is 5.75 Å². The number of ether oxygens (including phenoxy) is 1. The van der Waals surface area contributed by atoms with Crippen molar-refractivity contribution in [2.75, 3.05) is 6.61 Å². The van der Waals surface area contributed by atoms with E-state index in [4.69, 9.17) is 4.74 Å². The standard InChI is InChI=1S/C15H20N2OS/c1-11-4-6-14(7-5-11)18-9-12(2)17-13(3)15-8-16-10-19-15/h4-8,10,12-13,17H,9H2,1-3H3.